The first-order chi connectivity index (χ1) is 9.05. The monoisotopic (exact) mass is 265 g/mol. The Kier molecular flexibility index (Phi) is 3.71. The zero-order chi connectivity index (χ0) is 13.9. The van der Waals surface area contributed by atoms with Gasteiger partial charge in [-0.15, -0.1) is 0 Å². The first kappa shape index (κ1) is 13.4. The Bertz CT molecular complexity index is 494. The molecule has 2 rings (SSSR count). The number of carbonyl (C=O) groups excluding carboxylic acids is 1. The fourth-order valence-electron chi connectivity index (χ4n) is 2.06. The molecule has 0 spiro atoms. The van der Waals surface area contributed by atoms with Gasteiger partial charge >= 0.3 is 5.97 Å². The Morgan fingerprint density at radius 2 is 1.84 bits per heavy atom. The van der Waals surface area contributed by atoms with Crippen LogP contribution < -0.4 is 5.32 Å². The normalized spacial score (nSPS) is 17.7. The Balaban J connectivity index is 2.20. The van der Waals surface area contributed by atoms with Crippen molar-refractivity contribution in [3.8, 4) is 5.75 Å². The van der Waals surface area contributed by atoms with Gasteiger partial charge in [-0.05, 0) is 12.1 Å². The van der Waals surface area contributed by atoms with Crippen LogP contribution >= 0.6 is 0 Å². The van der Waals surface area contributed by atoms with Crippen molar-refractivity contribution in [2.24, 2.45) is 0 Å². The Morgan fingerprint density at radius 3 is 2.42 bits per heavy atom. The average molecular weight is 265 g/mol. The van der Waals surface area contributed by atoms with Gasteiger partial charge in [0.1, 0.15) is 11.3 Å². The van der Waals surface area contributed by atoms with Crippen molar-refractivity contribution in [1.82, 2.24) is 5.32 Å². The minimum atomic E-state index is -1.32. The lowest BCUT2D eigenvalue weighted by molar-refractivity contribution is -0.148. The van der Waals surface area contributed by atoms with Gasteiger partial charge in [0.2, 0.25) is 0 Å². The van der Waals surface area contributed by atoms with E-state index in [0.717, 1.165) is 0 Å². The highest BCUT2D eigenvalue weighted by Crippen LogP contribution is 2.23. The van der Waals surface area contributed by atoms with Gasteiger partial charge in [-0.25, -0.2) is 4.79 Å². The van der Waals surface area contributed by atoms with Crippen LogP contribution in [0.25, 0.3) is 0 Å². The molecule has 0 aromatic heterocycles. The molecule has 0 saturated carbocycles. The van der Waals surface area contributed by atoms with Crippen LogP contribution in [-0.4, -0.2) is 40.8 Å². The van der Waals surface area contributed by atoms with E-state index in [0.29, 0.717) is 0 Å². The molecule has 102 valence electrons. The molecule has 1 aromatic carbocycles. The summed E-state index contributed by atoms with van der Waals surface area (Å²) in [5, 5.41) is 21.4. The fraction of sp³-hybridized carbons (Fsp3) is 0.385. The number of carboxylic acid groups (broad SMARTS) is 1. The maximum absolute atomic E-state index is 12.1. The number of aromatic hydroxyl groups is 1. The van der Waals surface area contributed by atoms with Crippen molar-refractivity contribution < 1.29 is 24.5 Å². The molecular weight excluding hydrogens is 250 g/mol. The van der Waals surface area contributed by atoms with E-state index in [1.807, 2.05) is 0 Å². The van der Waals surface area contributed by atoms with E-state index >= 15 is 0 Å². The SMILES string of the molecule is O=C(NC1(C(=O)O)CCOCC1)c1ccccc1O. The second-order valence-electron chi connectivity index (χ2n) is 4.47. The number of aliphatic carboxylic acids is 1. The van der Waals surface area contributed by atoms with Gasteiger partial charge in [0.05, 0.1) is 5.56 Å². The van der Waals surface area contributed by atoms with Gasteiger partial charge < -0.3 is 20.3 Å². The number of amides is 1. The molecule has 1 aromatic rings. The van der Waals surface area contributed by atoms with Crippen LogP contribution in [0.3, 0.4) is 0 Å². The quantitative estimate of drug-likeness (QED) is 0.749. The van der Waals surface area contributed by atoms with Gasteiger partial charge in [0.25, 0.3) is 5.91 Å². The van der Waals surface area contributed by atoms with Crippen LogP contribution in [0.2, 0.25) is 0 Å². The van der Waals surface area contributed by atoms with Gasteiger partial charge in [0, 0.05) is 26.1 Å². The third-order valence-corrected chi connectivity index (χ3v) is 3.26. The summed E-state index contributed by atoms with van der Waals surface area (Å²) in [6.45, 7) is 0.570. The molecule has 6 nitrogen and oxygen atoms in total. The van der Waals surface area contributed by atoms with E-state index in [1.165, 1.54) is 12.1 Å². The maximum Gasteiger partial charge on any atom is 0.329 e. The number of ether oxygens (including phenoxy) is 1. The number of rotatable bonds is 3. The van der Waals surface area contributed by atoms with Crippen molar-refractivity contribution in [1.29, 1.82) is 0 Å². The molecule has 1 aliphatic rings. The molecule has 1 aliphatic heterocycles. The molecule has 6 heteroatoms. The Hall–Kier alpha value is -2.08. The Morgan fingerprint density at radius 1 is 1.21 bits per heavy atom. The lowest BCUT2D eigenvalue weighted by atomic mass is 9.89. The number of para-hydroxylation sites is 1. The number of nitrogens with one attached hydrogen (secondary N) is 1. The number of carboxylic acids is 1. The molecule has 1 saturated heterocycles. The van der Waals surface area contributed by atoms with Crippen molar-refractivity contribution in [2.45, 2.75) is 18.4 Å². The van der Waals surface area contributed by atoms with Gasteiger partial charge in [-0.1, -0.05) is 12.1 Å². The summed E-state index contributed by atoms with van der Waals surface area (Å²) in [5.74, 6) is -1.85. The minimum Gasteiger partial charge on any atom is -0.507 e. The summed E-state index contributed by atoms with van der Waals surface area (Å²) in [6, 6.07) is 6.02. The number of benzene rings is 1. The van der Waals surface area contributed by atoms with Crippen molar-refractivity contribution in [2.75, 3.05) is 13.2 Å². The smallest absolute Gasteiger partial charge is 0.329 e. The molecule has 1 heterocycles. The summed E-state index contributed by atoms with van der Waals surface area (Å²) < 4.78 is 5.12. The minimum absolute atomic E-state index is 0.0645. The highest BCUT2D eigenvalue weighted by atomic mass is 16.5. The second-order valence-corrected chi connectivity index (χ2v) is 4.47. The summed E-state index contributed by atoms with van der Waals surface area (Å²) in [6.07, 6.45) is 0.420. The zero-order valence-corrected chi connectivity index (χ0v) is 10.3. The highest BCUT2D eigenvalue weighted by molar-refractivity contribution is 5.99. The highest BCUT2D eigenvalue weighted by Gasteiger charge is 2.41. The number of hydrogen-bond acceptors (Lipinski definition) is 4. The molecule has 1 fully saturated rings. The average Bonchev–Trinajstić information content (AvgIpc) is 2.40. The summed E-state index contributed by atoms with van der Waals surface area (Å²) in [7, 11) is 0. The summed E-state index contributed by atoms with van der Waals surface area (Å²) in [4.78, 5) is 23.5. The molecule has 1 amide bonds. The fourth-order valence-corrected chi connectivity index (χ4v) is 2.06. The lowest BCUT2D eigenvalue weighted by Crippen LogP contribution is -2.57. The molecule has 0 unspecified atom stereocenters. The number of hydrogen-bond donors (Lipinski definition) is 3. The van der Waals surface area contributed by atoms with Crippen LogP contribution in [0, 0.1) is 0 Å². The summed E-state index contributed by atoms with van der Waals surface area (Å²) >= 11 is 0. The molecule has 0 aliphatic carbocycles. The van der Waals surface area contributed by atoms with Crippen LogP contribution in [-0.2, 0) is 9.53 Å². The lowest BCUT2D eigenvalue weighted by Gasteiger charge is -2.33. The zero-order valence-electron chi connectivity index (χ0n) is 10.3. The number of carbonyl (C=O) groups is 2. The van der Waals surface area contributed by atoms with Crippen molar-refractivity contribution >= 4 is 11.9 Å². The van der Waals surface area contributed by atoms with Gasteiger partial charge in [-0.2, -0.15) is 0 Å². The first-order valence-electron chi connectivity index (χ1n) is 5.97. The molecule has 0 atom stereocenters. The van der Waals surface area contributed by atoms with Crippen LogP contribution in [0.15, 0.2) is 24.3 Å². The van der Waals surface area contributed by atoms with Gasteiger partial charge in [0.15, 0.2) is 0 Å². The van der Waals surface area contributed by atoms with E-state index in [1.54, 1.807) is 12.1 Å². The molecule has 19 heavy (non-hydrogen) atoms. The van der Waals surface area contributed by atoms with E-state index in [-0.39, 0.29) is 37.4 Å². The molecule has 0 radical (unpaired) electrons. The third kappa shape index (κ3) is 2.68. The molecule has 3 N–H and O–H groups in total. The molecule has 0 bridgehead atoms. The maximum atomic E-state index is 12.1. The predicted octanol–water partition coefficient (Wildman–Crippen LogP) is 0.756. The standard InChI is InChI=1S/C13H15NO5/c15-10-4-2-1-3-9(10)11(16)14-13(12(17)18)5-7-19-8-6-13/h1-4,15H,5-8H2,(H,14,16)(H,17,18). The molecular formula is C13H15NO5. The second kappa shape index (κ2) is 5.27. The van der Waals surface area contributed by atoms with Crippen LogP contribution in [0.4, 0.5) is 0 Å². The van der Waals surface area contributed by atoms with E-state index in [9.17, 15) is 19.8 Å². The van der Waals surface area contributed by atoms with Gasteiger partial charge in [-0.3, -0.25) is 4.79 Å². The predicted molar refractivity (Wildman–Crippen MR) is 66.0 cm³/mol. The topological polar surface area (TPSA) is 95.9 Å². The van der Waals surface area contributed by atoms with Crippen LogP contribution in [0.1, 0.15) is 23.2 Å². The first-order valence-corrected chi connectivity index (χ1v) is 5.97. The van der Waals surface area contributed by atoms with E-state index < -0.39 is 17.4 Å². The van der Waals surface area contributed by atoms with Crippen molar-refractivity contribution in [3.05, 3.63) is 29.8 Å². The number of phenolic OH excluding ortho intramolecular Hbond substituents is 1. The number of phenols is 1. The summed E-state index contributed by atoms with van der Waals surface area (Å²) in [5.41, 5.74) is -1.26. The third-order valence-electron chi connectivity index (χ3n) is 3.26. The largest absolute Gasteiger partial charge is 0.507 e. The van der Waals surface area contributed by atoms with Crippen molar-refractivity contribution in [3.63, 3.8) is 0 Å². The van der Waals surface area contributed by atoms with E-state index in [2.05, 4.69) is 5.32 Å². The Labute approximate surface area is 110 Å². The van der Waals surface area contributed by atoms with E-state index in [4.69, 9.17) is 4.74 Å². The van der Waals surface area contributed by atoms with Crippen LogP contribution in [0.5, 0.6) is 5.75 Å².